The summed E-state index contributed by atoms with van der Waals surface area (Å²) in [5, 5.41) is 11.2. The highest BCUT2D eigenvalue weighted by Crippen LogP contribution is 2.25. The first kappa shape index (κ1) is 24.4. The molecule has 0 unspecified atom stereocenters. The third kappa shape index (κ3) is 6.77. The smallest absolute Gasteiger partial charge is 0.387 e. The number of aryl methyl sites for hydroxylation is 2. The van der Waals surface area contributed by atoms with Crippen molar-refractivity contribution in [2.45, 2.75) is 40.5 Å². The van der Waals surface area contributed by atoms with Crippen LogP contribution in [0.3, 0.4) is 0 Å². The van der Waals surface area contributed by atoms with Gasteiger partial charge in [0, 0.05) is 42.0 Å². The van der Waals surface area contributed by atoms with Crippen molar-refractivity contribution in [3.63, 3.8) is 0 Å². The molecule has 10 heteroatoms. The third-order valence-corrected chi connectivity index (χ3v) is 4.32. The van der Waals surface area contributed by atoms with Crippen molar-refractivity contribution in [2.24, 2.45) is 12.0 Å². The van der Waals surface area contributed by atoms with Gasteiger partial charge >= 0.3 is 6.61 Å². The van der Waals surface area contributed by atoms with Crippen LogP contribution >= 0.6 is 35.6 Å². The van der Waals surface area contributed by atoms with Crippen LogP contribution < -0.4 is 15.4 Å². The van der Waals surface area contributed by atoms with Gasteiger partial charge in [0.25, 0.3) is 0 Å². The number of alkyl halides is 2. The average molecular weight is 528 g/mol. The van der Waals surface area contributed by atoms with Crippen LogP contribution in [0.5, 0.6) is 5.75 Å². The third-order valence-electron chi connectivity index (χ3n) is 4.08. The van der Waals surface area contributed by atoms with Gasteiger partial charge in [0.05, 0.1) is 12.2 Å². The van der Waals surface area contributed by atoms with Crippen molar-refractivity contribution in [3.8, 4) is 5.75 Å². The van der Waals surface area contributed by atoms with Gasteiger partial charge in [-0.2, -0.15) is 13.9 Å². The van der Waals surface area contributed by atoms with Crippen molar-refractivity contribution in [3.05, 3.63) is 45.7 Å². The topological polar surface area (TPSA) is 63.5 Å². The fourth-order valence-electron chi connectivity index (χ4n) is 2.63. The summed E-state index contributed by atoms with van der Waals surface area (Å²) in [6, 6.07) is 4.49. The Hall–Kier alpha value is -1.62. The van der Waals surface area contributed by atoms with Gasteiger partial charge in [-0.15, -0.1) is 24.0 Å². The zero-order chi connectivity index (χ0) is 20.0. The number of hydrogen-bond donors (Lipinski definition) is 2. The molecule has 6 nitrogen and oxygen atoms in total. The highest BCUT2D eigenvalue weighted by atomic mass is 127. The van der Waals surface area contributed by atoms with Crippen LogP contribution in [0.2, 0.25) is 5.02 Å². The van der Waals surface area contributed by atoms with E-state index < -0.39 is 6.61 Å². The van der Waals surface area contributed by atoms with Crippen molar-refractivity contribution < 1.29 is 13.5 Å². The minimum absolute atomic E-state index is 0. The van der Waals surface area contributed by atoms with E-state index in [4.69, 9.17) is 11.6 Å². The van der Waals surface area contributed by atoms with E-state index in [1.165, 1.54) is 12.1 Å². The molecular weight excluding hydrogens is 503 g/mol. The number of aliphatic imine (C=N–C) groups is 1. The van der Waals surface area contributed by atoms with Gasteiger partial charge in [0.2, 0.25) is 0 Å². The fourth-order valence-corrected chi connectivity index (χ4v) is 2.83. The quantitative estimate of drug-likeness (QED) is 0.322. The Morgan fingerprint density at radius 2 is 2.04 bits per heavy atom. The normalized spacial score (nSPS) is 11.4. The van der Waals surface area contributed by atoms with Gasteiger partial charge in [-0.1, -0.05) is 11.6 Å². The van der Waals surface area contributed by atoms with E-state index in [1.54, 1.807) is 6.07 Å². The first-order valence-corrected chi connectivity index (χ1v) is 8.94. The summed E-state index contributed by atoms with van der Waals surface area (Å²) >= 11 is 5.98. The molecule has 0 bridgehead atoms. The molecule has 1 heterocycles. The van der Waals surface area contributed by atoms with Crippen LogP contribution in [0.1, 0.15) is 29.4 Å². The maximum atomic E-state index is 12.6. The van der Waals surface area contributed by atoms with E-state index >= 15 is 0 Å². The first-order valence-electron chi connectivity index (χ1n) is 8.56. The lowest BCUT2D eigenvalue weighted by Crippen LogP contribution is -2.37. The Morgan fingerprint density at radius 3 is 2.61 bits per heavy atom. The number of benzene rings is 1. The molecule has 1 aromatic heterocycles. The van der Waals surface area contributed by atoms with Gasteiger partial charge in [0.15, 0.2) is 5.96 Å². The van der Waals surface area contributed by atoms with Crippen LogP contribution in [-0.4, -0.2) is 28.9 Å². The Labute approximate surface area is 185 Å². The molecule has 0 fully saturated rings. The van der Waals surface area contributed by atoms with Crippen LogP contribution in [0.25, 0.3) is 0 Å². The minimum atomic E-state index is -2.91. The summed E-state index contributed by atoms with van der Waals surface area (Å²) in [6.45, 7) is 4.34. The lowest BCUT2D eigenvalue weighted by molar-refractivity contribution is -0.0504. The molecule has 0 spiro atoms. The molecule has 0 aliphatic carbocycles. The SMILES string of the molecule is CCNC(=NCc1cc(Cl)ccc1OC(F)F)NCc1c(C)nn(C)c1C.I. The molecular formula is C18H25ClF2IN5O. The molecule has 0 aliphatic heterocycles. The number of rotatable bonds is 7. The molecule has 0 saturated carbocycles. The second-order valence-corrected chi connectivity index (χ2v) is 6.39. The number of halogens is 4. The van der Waals surface area contributed by atoms with Crippen molar-refractivity contribution in [1.29, 1.82) is 0 Å². The van der Waals surface area contributed by atoms with E-state index in [0.717, 1.165) is 17.0 Å². The Balaban J connectivity index is 0.00000392. The summed E-state index contributed by atoms with van der Waals surface area (Å²) < 4.78 is 31.5. The largest absolute Gasteiger partial charge is 0.434 e. The first-order chi connectivity index (χ1) is 12.8. The van der Waals surface area contributed by atoms with Gasteiger partial charge < -0.3 is 15.4 Å². The fraction of sp³-hybridized carbons (Fsp3) is 0.444. The van der Waals surface area contributed by atoms with Gasteiger partial charge in [-0.05, 0) is 39.0 Å². The van der Waals surface area contributed by atoms with Crippen LogP contribution in [0.4, 0.5) is 8.78 Å². The Bertz CT molecular complexity index is 814. The molecule has 156 valence electrons. The van der Waals surface area contributed by atoms with E-state index in [-0.39, 0.29) is 36.3 Å². The molecule has 0 aliphatic rings. The van der Waals surface area contributed by atoms with Gasteiger partial charge in [-0.3, -0.25) is 4.68 Å². The highest BCUT2D eigenvalue weighted by molar-refractivity contribution is 14.0. The Kier molecular flexibility index (Phi) is 9.94. The Morgan fingerprint density at radius 1 is 1.32 bits per heavy atom. The molecule has 0 atom stereocenters. The van der Waals surface area contributed by atoms with E-state index in [2.05, 4.69) is 25.5 Å². The van der Waals surface area contributed by atoms with Crippen LogP contribution in [-0.2, 0) is 20.1 Å². The molecule has 0 amide bonds. The monoisotopic (exact) mass is 527 g/mol. The lowest BCUT2D eigenvalue weighted by atomic mass is 10.2. The summed E-state index contributed by atoms with van der Waals surface area (Å²) in [7, 11) is 1.90. The average Bonchev–Trinajstić information content (AvgIpc) is 2.84. The summed E-state index contributed by atoms with van der Waals surface area (Å²) in [4.78, 5) is 4.46. The molecule has 2 rings (SSSR count). The van der Waals surface area contributed by atoms with Crippen molar-refractivity contribution in [2.75, 3.05) is 6.54 Å². The predicted octanol–water partition coefficient (Wildman–Crippen LogP) is 4.17. The number of ether oxygens (including phenoxy) is 1. The summed E-state index contributed by atoms with van der Waals surface area (Å²) in [5.74, 6) is 0.621. The number of aromatic nitrogens is 2. The summed E-state index contributed by atoms with van der Waals surface area (Å²) in [5.41, 5.74) is 3.58. The molecule has 0 radical (unpaired) electrons. The van der Waals surface area contributed by atoms with E-state index in [9.17, 15) is 8.78 Å². The number of guanidine groups is 1. The predicted molar refractivity (Wildman–Crippen MR) is 118 cm³/mol. The summed E-state index contributed by atoms with van der Waals surface area (Å²) in [6.07, 6.45) is 0. The van der Waals surface area contributed by atoms with E-state index in [0.29, 0.717) is 29.6 Å². The zero-order valence-electron chi connectivity index (χ0n) is 16.2. The molecule has 1 aromatic carbocycles. The molecule has 28 heavy (non-hydrogen) atoms. The molecule has 2 aromatic rings. The molecule has 2 N–H and O–H groups in total. The minimum Gasteiger partial charge on any atom is -0.434 e. The number of nitrogens with zero attached hydrogens (tertiary/aromatic N) is 3. The number of nitrogens with one attached hydrogen (secondary N) is 2. The standard InChI is InChI=1S/C18H24ClF2N5O.HI/c1-5-22-18(24-10-15-11(2)25-26(4)12(15)3)23-9-13-8-14(19)6-7-16(13)27-17(20)21;/h6-8,17H,5,9-10H2,1-4H3,(H2,22,23,24);1H. The van der Waals surface area contributed by atoms with Crippen molar-refractivity contribution in [1.82, 2.24) is 20.4 Å². The number of hydrogen-bond acceptors (Lipinski definition) is 3. The van der Waals surface area contributed by atoms with Crippen molar-refractivity contribution >= 4 is 41.5 Å². The maximum absolute atomic E-state index is 12.6. The van der Waals surface area contributed by atoms with Crippen LogP contribution in [0, 0.1) is 13.8 Å². The second-order valence-electron chi connectivity index (χ2n) is 5.95. The molecule has 0 saturated heterocycles. The zero-order valence-corrected chi connectivity index (χ0v) is 19.3. The highest BCUT2D eigenvalue weighted by Gasteiger charge is 2.12. The van der Waals surface area contributed by atoms with Crippen LogP contribution in [0.15, 0.2) is 23.2 Å². The second kappa shape index (κ2) is 11.4. The van der Waals surface area contributed by atoms with Gasteiger partial charge in [0.1, 0.15) is 5.75 Å². The van der Waals surface area contributed by atoms with E-state index in [1.807, 2.05) is 32.5 Å². The van der Waals surface area contributed by atoms with Gasteiger partial charge in [-0.25, -0.2) is 4.99 Å². The lowest BCUT2D eigenvalue weighted by Gasteiger charge is -2.13. The maximum Gasteiger partial charge on any atom is 0.387 e.